The summed E-state index contributed by atoms with van der Waals surface area (Å²) in [4.78, 5) is 26.9. The predicted molar refractivity (Wildman–Crippen MR) is 77.8 cm³/mol. The molecule has 1 amide bonds. The molecule has 0 atom stereocenters. The van der Waals surface area contributed by atoms with Gasteiger partial charge in [0.1, 0.15) is 11.4 Å². The summed E-state index contributed by atoms with van der Waals surface area (Å²) >= 11 is 0. The quantitative estimate of drug-likeness (QED) is 0.644. The van der Waals surface area contributed by atoms with Crippen molar-refractivity contribution in [2.24, 2.45) is 0 Å². The largest absolute Gasteiger partial charge is 1.00 e. The molecule has 0 saturated carbocycles. The van der Waals surface area contributed by atoms with Crippen LogP contribution in [-0.2, 0) is 22.6 Å². The summed E-state index contributed by atoms with van der Waals surface area (Å²) in [6.45, 7) is 5.02. The molecule has 0 aliphatic carbocycles. The van der Waals surface area contributed by atoms with Gasteiger partial charge >= 0.3 is 35.7 Å². The number of alkyl carbamates (subject to hydrolysis) is 1. The molecule has 2 rings (SSSR count). The maximum atomic E-state index is 11.7. The molecular formula is C15H18N3NaO4. The summed E-state index contributed by atoms with van der Waals surface area (Å²) in [7, 11) is 0. The smallest absolute Gasteiger partial charge is 0.548 e. The van der Waals surface area contributed by atoms with Gasteiger partial charge in [-0.3, -0.25) is 0 Å². The number of rotatable bonds is 4. The van der Waals surface area contributed by atoms with Crippen molar-refractivity contribution in [2.75, 3.05) is 0 Å². The Hall–Kier alpha value is -1.57. The van der Waals surface area contributed by atoms with Crippen LogP contribution in [0, 0.1) is 0 Å². The number of hydrogen-bond acceptors (Lipinski definition) is 5. The van der Waals surface area contributed by atoms with E-state index in [-0.39, 0.29) is 42.6 Å². The van der Waals surface area contributed by atoms with Gasteiger partial charge in [0.25, 0.3) is 0 Å². The summed E-state index contributed by atoms with van der Waals surface area (Å²) in [5.74, 6) is -0.794. The van der Waals surface area contributed by atoms with Crippen LogP contribution in [-0.4, -0.2) is 27.2 Å². The molecule has 23 heavy (non-hydrogen) atoms. The van der Waals surface area contributed by atoms with Crippen LogP contribution in [0.2, 0.25) is 0 Å². The molecule has 0 spiro atoms. The fourth-order valence-corrected chi connectivity index (χ4v) is 2.03. The number of para-hydroxylation sites is 2. The molecule has 1 aromatic carbocycles. The third-order valence-corrected chi connectivity index (χ3v) is 2.81. The Kier molecular flexibility index (Phi) is 6.61. The first-order chi connectivity index (χ1) is 10.3. The molecule has 1 heterocycles. The average molecular weight is 327 g/mol. The monoisotopic (exact) mass is 327 g/mol. The molecular weight excluding hydrogens is 309 g/mol. The first-order valence-corrected chi connectivity index (χ1v) is 6.87. The maximum absolute atomic E-state index is 11.7. The van der Waals surface area contributed by atoms with Crippen LogP contribution >= 0.6 is 0 Å². The van der Waals surface area contributed by atoms with Crippen LogP contribution in [0.15, 0.2) is 24.3 Å². The molecule has 2 aromatic rings. The molecule has 118 valence electrons. The number of amides is 1. The van der Waals surface area contributed by atoms with Crippen LogP contribution in [0.25, 0.3) is 11.0 Å². The number of imidazole rings is 1. The van der Waals surface area contributed by atoms with Gasteiger partial charge in [0.15, 0.2) is 0 Å². The van der Waals surface area contributed by atoms with E-state index in [0.717, 1.165) is 0 Å². The number of benzene rings is 1. The van der Waals surface area contributed by atoms with E-state index in [4.69, 9.17) is 4.74 Å². The zero-order valence-electron chi connectivity index (χ0n) is 13.8. The number of carboxylic acid groups (broad SMARTS) is 1. The predicted octanol–water partition coefficient (Wildman–Crippen LogP) is -2.19. The molecule has 0 saturated heterocycles. The van der Waals surface area contributed by atoms with Crippen molar-refractivity contribution in [3.8, 4) is 0 Å². The van der Waals surface area contributed by atoms with Gasteiger partial charge in [-0.2, -0.15) is 0 Å². The van der Waals surface area contributed by atoms with Crippen molar-refractivity contribution in [2.45, 2.75) is 39.5 Å². The van der Waals surface area contributed by atoms with Gasteiger partial charge in [-0.25, -0.2) is 9.78 Å². The van der Waals surface area contributed by atoms with Gasteiger partial charge < -0.3 is 24.5 Å². The molecule has 1 N–H and O–H groups in total. The van der Waals surface area contributed by atoms with Crippen molar-refractivity contribution in [1.29, 1.82) is 0 Å². The fourth-order valence-electron chi connectivity index (χ4n) is 2.03. The number of nitrogens with one attached hydrogen (secondary N) is 1. The molecule has 0 aliphatic heterocycles. The number of hydrogen-bond donors (Lipinski definition) is 1. The summed E-state index contributed by atoms with van der Waals surface area (Å²) < 4.78 is 6.64. The normalized spacial score (nSPS) is 10.9. The zero-order valence-corrected chi connectivity index (χ0v) is 15.8. The van der Waals surface area contributed by atoms with Crippen molar-refractivity contribution in [3.05, 3.63) is 30.1 Å². The molecule has 0 bridgehead atoms. The Morgan fingerprint density at radius 3 is 2.57 bits per heavy atom. The third-order valence-electron chi connectivity index (χ3n) is 2.81. The van der Waals surface area contributed by atoms with Crippen molar-refractivity contribution in [1.82, 2.24) is 14.9 Å². The zero-order chi connectivity index (χ0) is 16.3. The van der Waals surface area contributed by atoms with E-state index in [1.807, 2.05) is 6.07 Å². The summed E-state index contributed by atoms with van der Waals surface area (Å²) in [5.41, 5.74) is 0.729. The van der Waals surface area contributed by atoms with Crippen LogP contribution in [0.5, 0.6) is 0 Å². The standard InChI is InChI=1S/C15H19N3O4.Na/c1-15(2,3)22-14(21)16-8-12-17-10-6-4-5-7-11(10)18(12)9-13(19)20;/h4-7H,8-9H2,1-3H3,(H,16,21)(H,19,20);/q;+1/p-1. The minimum atomic E-state index is -1.22. The number of aliphatic carboxylic acids is 1. The maximum Gasteiger partial charge on any atom is 1.00 e. The van der Waals surface area contributed by atoms with E-state index in [0.29, 0.717) is 16.9 Å². The van der Waals surface area contributed by atoms with Crippen molar-refractivity contribution in [3.63, 3.8) is 0 Å². The van der Waals surface area contributed by atoms with Gasteiger partial charge in [-0.05, 0) is 32.9 Å². The Labute approximate surface area is 156 Å². The molecule has 0 radical (unpaired) electrons. The van der Waals surface area contributed by atoms with Crippen LogP contribution in [0.3, 0.4) is 0 Å². The fraction of sp³-hybridized carbons (Fsp3) is 0.400. The molecule has 0 fully saturated rings. The number of carbonyl (C=O) groups is 2. The number of carboxylic acids is 1. The SMILES string of the molecule is CC(C)(C)OC(=O)NCc1nc2ccccc2n1CC(=O)[O-].[Na+]. The number of aromatic nitrogens is 2. The Bertz CT molecular complexity index is 706. The first kappa shape index (κ1) is 19.5. The molecule has 8 heteroatoms. The van der Waals surface area contributed by atoms with Crippen molar-refractivity contribution >= 4 is 23.1 Å². The van der Waals surface area contributed by atoms with Crippen molar-refractivity contribution < 1.29 is 49.0 Å². The Morgan fingerprint density at radius 2 is 1.96 bits per heavy atom. The molecule has 1 aromatic heterocycles. The first-order valence-electron chi connectivity index (χ1n) is 6.87. The molecule has 0 aliphatic rings. The van der Waals surface area contributed by atoms with E-state index in [1.54, 1.807) is 39.0 Å². The summed E-state index contributed by atoms with van der Waals surface area (Å²) in [6, 6.07) is 7.14. The van der Waals surface area contributed by atoms with Crippen LogP contribution < -0.4 is 40.0 Å². The van der Waals surface area contributed by atoms with E-state index in [2.05, 4.69) is 10.3 Å². The molecule has 0 unspecified atom stereocenters. The summed E-state index contributed by atoms with van der Waals surface area (Å²) in [6.07, 6.45) is -0.584. The van der Waals surface area contributed by atoms with Gasteiger partial charge in [-0.15, -0.1) is 0 Å². The number of ether oxygens (including phenoxy) is 1. The Morgan fingerprint density at radius 1 is 1.30 bits per heavy atom. The van der Waals surface area contributed by atoms with E-state index in [9.17, 15) is 14.7 Å². The average Bonchev–Trinajstić information content (AvgIpc) is 2.72. The minimum absolute atomic E-state index is 0. The van der Waals surface area contributed by atoms with E-state index >= 15 is 0 Å². The Balaban J connectivity index is 0.00000264. The van der Waals surface area contributed by atoms with Gasteiger partial charge in [0.2, 0.25) is 0 Å². The third kappa shape index (κ3) is 5.53. The second kappa shape index (κ2) is 7.81. The van der Waals surface area contributed by atoms with E-state index in [1.165, 1.54) is 4.57 Å². The van der Waals surface area contributed by atoms with Gasteiger partial charge in [0.05, 0.1) is 30.1 Å². The second-order valence-corrected chi connectivity index (χ2v) is 5.83. The van der Waals surface area contributed by atoms with Crippen LogP contribution in [0.4, 0.5) is 4.79 Å². The number of carbonyl (C=O) groups excluding carboxylic acids is 2. The topological polar surface area (TPSA) is 96.3 Å². The van der Waals surface area contributed by atoms with Gasteiger partial charge in [0, 0.05) is 0 Å². The van der Waals surface area contributed by atoms with Gasteiger partial charge in [-0.1, -0.05) is 12.1 Å². The molecule has 7 nitrogen and oxygen atoms in total. The second-order valence-electron chi connectivity index (χ2n) is 5.83. The summed E-state index contributed by atoms with van der Waals surface area (Å²) in [5, 5.41) is 13.5. The number of fused-ring (bicyclic) bond motifs is 1. The minimum Gasteiger partial charge on any atom is -0.548 e. The van der Waals surface area contributed by atoms with E-state index < -0.39 is 17.7 Å². The number of nitrogens with zero attached hydrogens (tertiary/aromatic N) is 2. The van der Waals surface area contributed by atoms with Crippen LogP contribution in [0.1, 0.15) is 26.6 Å².